The lowest BCUT2D eigenvalue weighted by Crippen LogP contribution is -2.00. The quantitative estimate of drug-likeness (QED) is 0.644. The third kappa shape index (κ3) is 5.60. The number of hydrogen-bond donors (Lipinski definition) is 1. The Morgan fingerprint density at radius 1 is 1.27 bits per heavy atom. The fourth-order valence-electron chi connectivity index (χ4n) is 1.97. The molecule has 0 bridgehead atoms. The van der Waals surface area contributed by atoms with Crippen molar-refractivity contribution in [3.63, 3.8) is 0 Å². The van der Waals surface area contributed by atoms with E-state index in [2.05, 4.69) is 23.8 Å². The zero-order valence-corrected chi connectivity index (χ0v) is 10.1. The van der Waals surface area contributed by atoms with E-state index in [0.717, 1.165) is 12.3 Å². The van der Waals surface area contributed by atoms with Gasteiger partial charge in [0.05, 0.1) is 6.33 Å². The molecule has 0 saturated carbocycles. The number of H-pyrrole nitrogens is 1. The number of nitrogens with one attached hydrogen (secondary N) is 1. The molecule has 0 unspecified atom stereocenters. The standard InChI is InChI=1S/C13H24N2/c1-3-4-5-6-7-8-12(2)9-13-10-14-11-15-13/h10-12H,3-9H2,1-2H3,(H,14,15)/t12-/m1/s1. The van der Waals surface area contributed by atoms with E-state index in [1.165, 1.54) is 44.2 Å². The summed E-state index contributed by atoms with van der Waals surface area (Å²) in [4.78, 5) is 7.21. The van der Waals surface area contributed by atoms with Gasteiger partial charge < -0.3 is 4.98 Å². The van der Waals surface area contributed by atoms with Crippen LogP contribution in [0.2, 0.25) is 0 Å². The summed E-state index contributed by atoms with van der Waals surface area (Å²) in [5.41, 5.74) is 1.27. The molecule has 1 rings (SSSR count). The maximum atomic E-state index is 4.04. The van der Waals surface area contributed by atoms with Crippen molar-refractivity contribution in [3.05, 3.63) is 18.2 Å². The Bertz CT molecular complexity index is 229. The van der Waals surface area contributed by atoms with E-state index < -0.39 is 0 Å². The van der Waals surface area contributed by atoms with Crippen molar-refractivity contribution in [2.45, 2.75) is 58.8 Å². The largest absolute Gasteiger partial charge is 0.348 e. The van der Waals surface area contributed by atoms with E-state index in [0.29, 0.717) is 0 Å². The monoisotopic (exact) mass is 208 g/mol. The van der Waals surface area contributed by atoms with Crippen molar-refractivity contribution in [2.75, 3.05) is 0 Å². The third-order valence-corrected chi connectivity index (χ3v) is 2.92. The number of aromatic nitrogens is 2. The highest BCUT2D eigenvalue weighted by Gasteiger charge is 2.04. The smallest absolute Gasteiger partial charge is 0.0921 e. The molecule has 0 amide bonds. The van der Waals surface area contributed by atoms with Crippen LogP contribution in [0.15, 0.2) is 12.5 Å². The molecule has 1 aromatic heterocycles. The van der Waals surface area contributed by atoms with Gasteiger partial charge in [0.1, 0.15) is 0 Å². The van der Waals surface area contributed by atoms with Crippen molar-refractivity contribution >= 4 is 0 Å². The minimum atomic E-state index is 0.784. The van der Waals surface area contributed by atoms with Gasteiger partial charge in [-0.3, -0.25) is 0 Å². The van der Waals surface area contributed by atoms with Crippen LogP contribution in [0, 0.1) is 5.92 Å². The Balaban J connectivity index is 2.01. The molecule has 2 nitrogen and oxygen atoms in total. The van der Waals surface area contributed by atoms with Crippen LogP contribution in [-0.4, -0.2) is 9.97 Å². The Labute approximate surface area is 93.5 Å². The highest BCUT2D eigenvalue weighted by atomic mass is 14.9. The van der Waals surface area contributed by atoms with Crippen molar-refractivity contribution < 1.29 is 0 Å². The molecule has 0 spiro atoms. The van der Waals surface area contributed by atoms with Gasteiger partial charge in [0.2, 0.25) is 0 Å². The van der Waals surface area contributed by atoms with Gasteiger partial charge >= 0.3 is 0 Å². The summed E-state index contributed by atoms with van der Waals surface area (Å²) in [6.07, 6.45) is 13.1. The first kappa shape index (κ1) is 12.3. The second-order valence-electron chi connectivity index (χ2n) is 4.59. The molecule has 1 atom stereocenters. The maximum absolute atomic E-state index is 4.04. The van der Waals surface area contributed by atoms with E-state index in [1.807, 2.05) is 6.20 Å². The molecule has 0 aromatic carbocycles. The molecular weight excluding hydrogens is 184 g/mol. The Morgan fingerprint density at radius 3 is 2.73 bits per heavy atom. The zero-order valence-electron chi connectivity index (χ0n) is 10.1. The SMILES string of the molecule is CCCCCCC[C@@H](C)Cc1cnc[nH]1. The molecule has 0 aliphatic heterocycles. The van der Waals surface area contributed by atoms with Crippen molar-refractivity contribution in [1.29, 1.82) is 0 Å². The number of aromatic amines is 1. The van der Waals surface area contributed by atoms with E-state index in [9.17, 15) is 0 Å². The number of unbranched alkanes of at least 4 members (excludes halogenated alkanes) is 4. The molecule has 86 valence electrons. The lowest BCUT2D eigenvalue weighted by molar-refractivity contribution is 0.480. The highest BCUT2D eigenvalue weighted by Crippen LogP contribution is 2.14. The summed E-state index contributed by atoms with van der Waals surface area (Å²) in [7, 11) is 0. The van der Waals surface area contributed by atoms with Crippen LogP contribution in [0.3, 0.4) is 0 Å². The van der Waals surface area contributed by atoms with Crippen molar-refractivity contribution in [3.8, 4) is 0 Å². The van der Waals surface area contributed by atoms with E-state index in [-0.39, 0.29) is 0 Å². The molecular formula is C13H24N2. The average molecular weight is 208 g/mol. The van der Waals surface area contributed by atoms with Gasteiger partial charge in [-0.15, -0.1) is 0 Å². The summed E-state index contributed by atoms with van der Waals surface area (Å²) in [5.74, 6) is 0.784. The predicted molar refractivity (Wildman–Crippen MR) is 64.8 cm³/mol. The van der Waals surface area contributed by atoms with Crippen LogP contribution >= 0.6 is 0 Å². The normalized spacial score (nSPS) is 12.9. The first-order valence-electron chi connectivity index (χ1n) is 6.30. The van der Waals surface area contributed by atoms with Gasteiger partial charge in [-0.05, 0) is 12.3 Å². The third-order valence-electron chi connectivity index (χ3n) is 2.92. The van der Waals surface area contributed by atoms with E-state index in [4.69, 9.17) is 0 Å². The van der Waals surface area contributed by atoms with Gasteiger partial charge in [-0.1, -0.05) is 52.4 Å². The van der Waals surface area contributed by atoms with Gasteiger partial charge in [0, 0.05) is 11.9 Å². The summed E-state index contributed by atoms with van der Waals surface area (Å²) >= 11 is 0. The molecule has 15 heavy (non-hydrogen) atoms. The van der Waals surface area contributed by atoms with Gasteiger partial charge in [0.15, 0.2) is 0 Å². The summed E-state index contributed by atoms with van der Waals surface area (Å²) < 4.78 is 0. The topological polar surface area (TPSA) is 28.7 Å². The number of nitrogens with zero attached hydrogens (tertiary/aromatic N) is 1. The fraction of sp³-hybridized carbons (Fsp3) is 0.769. The predicted octanol–water partition coefficient (Wildman–Crippen LogP) is 3.95. The lowest BCUT2D eigenvalue weighted by atomic mass is 9.98. The second kappa shape index (κ2) is 7.49. The summed E-state index contributed by atoms with van der Waals surface area (Å²) in [6.45, 7) is 4.60. The van der Waals surface area contributed by atoms with E-state index >= 15 is 0 Å². The highest BCUT2D eigenvalue weighted by molar-refractivity contribution is 4.95. The molecule has 1 N–H and O–H groups in total. The Hall–Kier alpha value is -0.790. The number of imidazole rings is 1. The van der Waals surface area contributed by atoms with Crippen LogP contribution in [0.25, 0.3) is 0 Å². The first-order chi connectivity index (χ1) is 7.33. The molecule has 0 aliphatic rings. The molecule has 1 aromatic rings. The van der Waals surface area contributed by atoms with Gasteiger partial charge in [0.25, 0.3) is 0 Å². The van der Waals surface area contributed by atoms with Gasteiger partial charge in [-0.25, -0.2) is 4.98 Å². The van der Waals surface area contributed by atoms with Crippen LogP contribution in [0.5, 0.6) is 0 Å². The van der Waals surface area contributed by atoms with Gasteiger partial charge in [-0.2, -0.15) is 0 Å². The lowest BCUT2D eigenvalue weighted by Gasteiger charge is -2.09. The summed E-state index contributed by atoms with van der Waals surface area (Å²) in [6, 6.07) is 0. The van der Waals surface area contributed by atoms with Crippen LogP contribution in [0.1, 0.15) is 58.1 Å². The number of rotatable bonds is 8. The maximum Gasteiger partial charge on any atom is 0.0921 e. The molecule has 0 aliphatic carbocycles. The average Bonchev–Trinajstić information content (AvgIpc) is 2.70. The van der Waals surface area contributed by atoms with Crippen molar-refractivity contribution in [1.82, 2.24) is 9.97 Å². The molecule has 1 heterocycles. The van der Waals surface area contributed by atoms with Crippen LogP contribution in [-0.2, 0) is 6.42 Å². The molecule has 0 fully saturated rings. The second-order valence-corrected chi connectivity index (χ2v) is 4.59. The summed E-state index contributed by atoms with van der Waals surface area (Å²) in [5, 5.41) is 0. The molecule has 0 radical (unpaired) electrons. The fourth-order valence-corrected chi connectivity index (χ4v) is 1.97. The van der Waals surface area contributed by atoms with E-state index in [1.54, 1.807) is 6.33 Å². The first-order valence-corrected chi connectivity index (χ1v) is 6.30. The minimum Gasteiger partial charge on any atom is -0.348 e. The zero-order chi connectivity index (χ0) is 10.9. The van der Waals surface area contributed by atoms with Crippen LogP contribution in [0.4, 0.5) is 0 Å². The van der Waals surface area contributed by atoms with Crippen molar-refractivity contribution in [2.24, 2.45) is 5.92 Å². The molecule has 2 heteroatoms. The Morgan fingerprint density at radius 2 is 2.07 bits per heavy atom. The molecule has 0 saturated heterocycles. The number of hydrogen-bond acceptors (Lipinski definition) is 1. The minimum absolute atomic E-state index is 0.784. The van der Waals surface area contributed by atoms with Crippen LogP contribution < -0.4 is 0 Å². The Kier molecular flexibility index (Phi) is 6.14.